The van der Waals surface area contributed by atoms with Gasteiger partial charge in [-0.05, 0) is 62.2 Å². The van der Waals surface area contributed by atoms with Gasteiger partial charge in [-0.15, -0.1) is 6.58 Å². The lowest BCUT2D eigenvalue weighted by atomic mass is 9.78. The average molecular weight is 303 g/mol. The summed E-state index contributed by atoms with van der Waals surface area (Å²) in [5.41, 5.74) is 0. The van der Waals surface area contributed by atoms with E-state index < -0.39 is 0 Å². The molecule has 2 aliphatic rings. The van der Waals surface area contributed by atoms with Crippen molar-refractivity contribution in [2.45, 2.75) is 90.4 Å². The van der Waals surface area contributed by atoms with Crippen molar-refractivity contribution in [3.63, 3.8) is 0 Å². The fourth-order valence-corrected chi connectivity index (χ4v) is 4.50. The molecule has 0 aromatic carbocycles. The molecule has 0 amide bonds. The summed E-state index contributed by atoms with van der Waals surface area (Å²) < 4.78 is 0. The molecule has 2 rings (SSSR count). The molecule has 2 aliphatic carbocycles. The second-order valence-electron chi connectivity index (χ2n) is 7.95. The fourth-order valence-electron chi connectivity index (χ4n) is 4.50. The Morgan fingerprint density at radius 3 is 2.00 bits per heavy atom. The van der Waals surface area contributed by atoms with Crippen molar-refractivity contribution >= 4 is 0 Å². The van der Waals surface area contributed by atoms with Crippen LogP contribution in [0.25, 0.3) is 0 Å². The molecule has 0 spiro atoms. The molecule has 0 bridgehead atoms. The van der Waals surface area contributed by atoms with Crippen LogP contribution in [-0.4, -0.2) is 0 Å². The van der Waals surface area contributed by atoms with Crippen molar-refractivity contribution in [2.75, 3.05) is 0 Å². The highest BCUT2D eigenvalue weighted by Gasteiger charge is 2.20. The molecule has 0 aromatic rings. The maximum absolute atomic E-state index is 3.94. The normalized spacial score (nSPS) is 33.1. The molecule has 2 saturated carbocycles. The summed E-state index contributed by atoms with van der Waals surface area (Å²) in [5.74, 6) is 3.75. The first-order valence-corrected chi connectivity index (χ1v) is 10.1. The van der Waals surface area contributed by atoms with E-state index in [9.17, 15) is 0 Å². The van der Waals surface area contributed by atoms with Gasteiger partial charge < -0.3 is 0 Å². The number of allylic oxidation sites excluding steroid dienone is 3. The van der Waals surface area contributed by atoms with Crippen LogP contribution in [0.1, 0.15) is 90.4 Å². The van der Waals surface area contributed by atoms with Gasteiger partial charge in [-0.3, -0.25) is 0 Å². The van der Waals surface area contributed by atoms with Crippen LogP contribution < -0.4 is 0 Å². The van der Waals surface area contributed by atoms with Crippen LogP contribution in [0.3, 0.4) is 0 Å². The van der Waals surface area contributed by atoms with E-state index >= 15 is 0 Å². The summed E-state index contributed by atoms with van der Waals surface area (Å²) in [6, 6.07) is 0. The SMILES string of the molecule is C=CC1CCC(C=CCCC2CCC(CCCC)CC2)CC1. The van der Waals surface area contributed by atoms with Crippen molar-refractivity contribution < 1.29 is 0 Å². The smallest absolute Gasteiger partial charge is 0.0233 e. The number of hydrogen-bond acceptors (Lipinski definition) is 0. The summed E-state index contributed by atoms with van der Waals surface area (Å²) in [6.45, 7) is 6.26. The van der Waals surface area contributed by atoms with Gasteiger partial charge in [0.25, 0.3) is 0 Å². The third-order valence-electron chi connectivity index (χ3n) is 6.23. The second-order valence-corrected chi connectivity index (χ2v) is 7.95. The van der Waals surface area contributed by atoms with E-state index in [1.165, 1.54) is 83.5 Å². The Labute approximate surface area is 139 Å². The Morgan fingerprint density at radius 1 is 0.818 bits per heavy atom. The molecule has 0 atom stereocenters. The topological polar surface area (TPSA) is 0 Å². The van der Waals surface area contributed by atoms with Gasteiger partial charge in [0.2, 0.25) is 0 Å². The summed E-state index contributed by atoms with van der Waals surface area (Å²) in [7, 11) is 0. The molecular formula is C22H38. The van der Waals surface area contributed by atoms with Gasteiger partial charge in [0.05, 0.1) is 0 Å². The Bertz CT molecular complexity index is 311. The molecule has 0 radical (unpaired) electrons. The van der Waals surface area contributed by atoms with E-state index in [0.717, 1.165) is 23.7 Å². The van der Waals surface area contributed by atoms with Gasteiger partial charge in [0.15, 0.2) is 0 Å². The number of rotatable bonds is 8. The molecule has 126 valence electrons. The minimum absolute atomic E-state index is 0.799. The molecule has 0 saturated heterocycles. The van der Waals surface area contributed by atoms with E-state index in [1.807, 2.05) is 0 Å². The minimum atomic E-state index is 0.799. The zero-order valence-electron chi connectivity index (χ0n) is 14.9. The number of unbranched alkanes of at least 4 members (excludes halogenated alkanes) is 1. The lowest BCUT2D eigenvalue weighted by molar-refractivity contribution is 0.250. The zero-order valence-corrected chi connectivity index (χ0v) is 14.9. The molecule has 22 heavy (non-hydrogen) atoms. The quantitative estimate of drug-likeness (QED) is 0.412. The molecule has 0 unspecified atom stereocenters. The monoisotopic (exact) mass is 302 g/mol. The molecular weight excluding hydrogens is 264 g/mol. The van der Waals surface area contributed by atoms with Crippen molar-refractivity contribution in [3.05, 3.63) is 24.8 Å². The van der Waals surface area contributed by atoms with Crippen LogP contribution in [0.15, 0.2) is 24.8 Å². The molecule has 2 fully saturated rings. The highest BCUT2D eigenvalue weighted by Crippen LogP contribution is 2.34. The predicted octanol–water partition coefficient (Wildman–Crippen LogP) is 7.31. The van der Waals surface area contributed by atoms with Crippen LogP contribution in [0.4, 0.5) is 0 Å². The first-order valence-electron chi connectivity index (χ1n) is 10.1. The van der Waals surface area contributed by atoms with Gasteiger partial charge in [0, 0.05) is 0 Å². The average Bonchev–Trinajstić information content (AvgIpc) is 2.58. The molecule has 0 aromatic heterocycles. The van der Waals surface area contributed by atoms with Crippen molar-refractivity contribution in [2.24, 2.45) is 23.7 Å². The van der Waals surface area contributed by atoms with E-state index in [1.54, 1.807) is 0 Å². The second kappa shape index (κ2) is 10.3. The van der Waals surface area contributed by atoms with Crippen molar-refractivity contribution in [3.8, 4) is 0 Å². The van der Waals surface area contributed by atoms with E-state index in [2.05, 4.69) is 31.7 Å². The third kappa shape index (κ3) is 6.31. The van der Waals surface area contributed by atoms with E-state index in [0.29, 0.717) is 0 Å². The summed E-state index contributed by atoms with van der Waals surface area (Å²) in [5, 5.41) is 0. The Morgan fingerprint density at radius 2 is 1.41 bits per heavy atom. The molecule has 0 N–H and O–H groups in total. The maximum Gasteiger partial charge on any atom is -0.0233 e. The molecule has 0 heteroatoms. The highest BCUT2D eigenvalue weighted by atomic mass is 14.3. The summed E-state index contributed by atoms with van der Waals surface area (Å²) >= 11 is 0. The zero-order chi connectivity index (χ0) is 15.6. The Kier molecular flexibility index (Phi) is 8.34. The van der Waals surface area contributed by atoms with Gasteiger partial charge >= 0.3 is 0 Å². The van der Waals surface area contributed by atoms with Crippen LogP contribution in [-0.2, 0) is 0 Å². The first-order chi connectivity index (χ1) is 10.8. The molecule has 0 aliphatic heterocycles. The lowest BCUT2D eigenvalue weighted by Crippen LogP contribution is -2.14. The van der Waals surface area contributed by atoms with Gasteiger partial charge in [0.1, 0.15) is 0 Å². The molecule has 0 heterocycles. The first kappa shape index (κ1) is 17.8. The van der Waals surface area contributed by atoms with Crippen molar-refractivity contribution in [1.29, 1.82) is 0 Å². The lowest BCUT2D eigenvalue weighted by Gasteiger charge is -2.28. The van der Waals surface area contributed by atoms with Gasteiger partial charge in [-0.1, -0.05) is 70.1 Å². The van der Waals surface area contributed by atoms with E-state index in [-0.39, 0.29) is 0 Å². The largest absolute Gasteiger partial charge is 0.103 e. The third-order valence-corrected chi connectivity index (χ3v) is 6.23. The molecule has 0 nitrogen and oxygen atoms in total. The van der Waals surface area contributed by atoms with E-state index in [4.69, 9.17) is 0 Å². The highest BCUT2D eigenvalue weighted by molar-refractivity contribution is 4.94. The van der Waals surface area contributed by atoms with Crippen LogP contribution in [0, 0.1) is 23.7 Å². The number of hydrogen-bond donors (Lipinski definition) is 0. The fraction of sp³-hybridized carbons (Fsp3) is 0.818. The minimum Gasteiger partial charge on any atom is -0.103 e. The van der Waals surface area contributed by atoms with Gasteiger partial charge in [-0.25, -0.2) is 0 Å². The van der Waals surface area contributed by atoms with Crippen LogP contribution in [0.5, 0.6) is 0 Å². The standard InChI is InChI=1S/C22H38/c1-3-5-8-20-15-17-22(18-16-20)10-7-6-9-21-13-11-19(4-2)12-14-21/h4,6,9,19-22H,2-3,5,7-8,10-18H2,1H3. The van der Waals surface area contributed by atoms with Crippen molar-refractivity contribution in [1.82, 2.24) is 0 Å². The summed E-state index contributed by atoms with van der Waals surface area (Å²) in [6.07, 6.45) is 25.8. The van der Waals surface area contributed by atoms with Crippen LogP contribution >= 0.6 is 0 Å². The Balaban J connectivity index is 1.54. The van der Waals surface area contributed by atoms with Crippen LogP contribution in [0.2, 0.25) is 0 Å². The maximum atomic E-state index is 3.94. The summed E-state index contributed by atoms with van der Waals surface area (Å²) in [4.78, 5) is 0. The van der Waals surface area contributed by atoms with Gasteiger partial charge in [-0.2, -0.15) is 0 Å². The Hall–Kier alpha value is -0.520. The predicted molar refractivity (Wildman–Crippen MR) is 99.0 cm³/mol.